The molecule has 0 bridgehead atoms. The first kappa shape index (κ1) is 18.8. The van der Waals surface area contributed by atoms with E-state index in [0.717, 1.165) is 0 Å². The summed E-state index contributed by atoms with van der Waals surface area (Å²) < 4.78 is 0. The molecule has 126 valence electrons. The molecule has 0 aromatic heterocycles. The Bertz CT molecular complexity index is 457. The molecule has 1 atom stereocenters. The lowest BCUT2D eigenvalue weighted by molar-refractivity contribution is -0.139. The third-order valence-electron chi connectivity index (χ3n) is 3.56. The molecule has 1 fully saturated rings. The van der Waals surface area contributed by atoms with E-state index < -0.39 is 17.4 Å². The van der Waals surface area contributed by atoms with Gasteiger partial charge in [0, 0.05) is 18.7 Å². The van der Waals surface area contributed by atoms with E-state index in [9.17, 15) is 14.4 Å². The van der Waals surface area contributed by atoms with Crippen molar-refractivity contribution in [3.63, 3.8) is 0 Å². The van der Waals surface area contributed by atoms with Gasteiger partial charge in [0.2, 0.25) is 17.7 Å². The van der Waals surface area contributed by atoms with Crippen LogP contribution in [0.15, 0.2) is 0 Å². The highest BCUT2D eigenvalue weighted by Crippen LogP contribution is 2.26. The zero-order valence-electron chi connectivity index (χ0n) is 14.1. The summed E-state index contributed by atoms with van der Waals surface area (Å²) in [5.74, 6) is 0.424. The monoisotopic (exact) mass is 329 g/mol. The second kappa shape index (κ2) is 6.89. The van der Waals surface area contributed by atoms with E-state index in [2.05, 4.69) is 5.32 Å². The fourth-order valence-corrected chi connectivity index (χ4v) is 3.15. The second-order valence-electron chi connectivity index (χ2n) is 7.58. The molecule has 0 aromatic carbocycles. The van der Waals surface area contributed by atoms with Crippen LogP contribution in [0.25, 0.3) is 0 Å². The average Bonchev–Trinajstić information content (AvgIpc) is 2.83. The van der Waals surface area contributed by atoms with Crippen molar-refractivity contribution < 1.29 is 14.4 Å². The van der Waals surface area contributed by atoms with Crippen LogP contribution in [0.4, 0.5) is 0 Å². The van der Waals surface area contributed by atoms with Gasteiger partial charge in [-0.15, -0.1) is 11.8 Å². The number of nitrogens with two attached hydrogens (primary N) is 1. The summed E-state index contributed by atoms with van der Waals surface area (Å²) in [4.78, 5) is 37.6. The van der Waals surface area contributed by atoms with Crippen molar-refractivity contribution in [2.75, 3.05) is 18.2 Å². The van der Waals surface area contributed by atoms with Crippen LogP contribution in [-0.4, -0.2) is 46.8 Å². The molecule has 0 aromatic rings. The third kappa shape index (κ3) is 5.19. The van der Waals surface area contributed by atoms with Crippen molar-refractivity contribution >= 4 is 29.5 Å². The highest BCUT2D eigenvalue weighted by atomic mass is 32.2. The first-order valence-electron chi connectivity index (χ1n) is 7.39. The number of carbonyl (C=O) groups is 3. The number of rotatable bonds is 5. The van der Waals surface area contributed by atoms with E-state index in [1.54, 1.807) is 30.5 Å². The van der Waals surface area contributed by atoms with Crippen molar-refractivity contribution in [1.82, 2.24) is 10.2 Å². The molecule has 0 radical (unpaired) electrons. The van der Waals surface area contributed by atoms with E-state index in [-0.39, 0.29) is 23.8 Å². The van der Waals surface area contributed by atoms with E-state index >= 15 is 0 Å². The summed E-state index contributed by atoms with van der Waals surface area (Å²) in [6, 6.07) is -0.469. The molecule has 1 rings (SSSR count). The number of hydrogen-bond donors (Lipinski definition) is 2. The van der Waals surface area contributed by atoms with Crippen LogP contribution in [0.3, 0.4) is 0 Å². The zero-order chi connectivity index (χ0) is 17.1. The number of nitrogens with one attached hydrogen (secondary N) is 1. The van der Waals surface area contributed by atoms with Gasteiger partial charge >= 0.3 is 0 Å². The van der Waals surface area contributed by atoms with Crippen LogP contribution in [0.2, 0.25) is 0 Å². The molecule has 3 amide bonds. The Morgan fingerprint density at radius 2 is 1.82 bits per heavy atom. The minimum atomic E-state index is -0.804. The lowest BCUT2D eigenvalue weighted by atomic mass is 9.91. The number of amides is 3. The Morgan fingerprint density at radius 1 is 1.23 bits per heavy atom. The molecule has 1 aliphatic heterocycles. The maximum atomic E-state index is 12.3. The van der Waals surface area contributed by atoms with Crippen LogP contribution in [0.5, 0.6) is 0 Å². The van der Waals surface area contributed by atoms with Gasteiger partial charge in [0.25, 0.3) is 0 Å². The summed E-state index contributed by atoms with van der Waals surface area (Å²) >= 11 is 1.57. The maximum Gasteiger partial charge on any atom is 0.243 e. The lowest BCUT2D eigenvalue weighted by Crippen LogP contribution is -2.51. The number of thioether (sulfide) groups is 1. The summed E-state index contributed by atoms with van der Waals surface area (Å²) in [5.41, 5.74) is 4.38. The van der Waals surface area contributed by atoms with Gasteiger partial charge < -0.3 is 16.0 Å². The minimum Gasteiger partial charge on any atom is -0.369 e. The van der Waals surface area contributed by atoms with Gasteiger partial charge in [0.05, 0.1) is 11.3 Å². The third-order valence-corrected chi connectivity index (χ3v) is 4.57. The first-order valence-corrected chi connectivity index (χ1v) is 8.54. The summed E-state index contributed by atoms with van der Waals surface area (Å²) in [6.45, 7) is 9.53. The predicted molar refractivity (Wildman–Crippen MR) is 88.0 cm³/mol. The number of primary amides is 1. The molecule has 3 N–H and O–H groups in total. The SMILES string of the molecule is CC(C)(C)CC(=O)N1CSC[C@H]1C(=O)NCC(C)(C)C(N)=O. The smallest absolute Gasteiger partial charge is 0.243 e. The van der Waals surface area contributed by atoms with Crippen LogP contribution in [0.1, 0.15) is 41.0 Å². The summed E-state index contributed by atoms with van der Waals surface area (Å²) in [5, 5.41) is 2.75. The van der Waals surface area contributed by atoms with Gasteiger partial charge in [-0.05, 0) is 19.3 Å². The molecular formula is C15H27N3O3S. The van der Waals surface area contributed by atoms with Gasteiger partial charge in [0.1, 0.15) is 6.04 Å². The van der Waals surface area contributed by atoms with E-state index in [1.165, 1.54) is 0 Å². The molecule has 1 aliphatic rings. The summed E-state index contributed by atoms with van der Waals surface area (Å²) in [7, 11) is 0. The van der Waals surface area contributed by atoms with Crippen LogP contribution in [-0.2, 0) is 14.4 Å². The molecule has 0 spiro atoms. The summed E-state index contributed by atoms with van der Waals surface area (Å²) in [6.07, 6.45) is 0.407. The molecule has 7 heteroatoms. The van der Waals surface area contributed by atoms with Crippen molar-refractivity contribution in [2.45, 2.75) is 47.1 Å². The molecule has 1 heterocycles. The average molecular weight is 329 g/mol. The fourth-order valence-electron chi connectivity index (χ4n) is 1.97. The van der Waals surface area contributed by atoms with Crippen molar-refractivity contribution in [3.8, 4) is 0 Å². The Kier molecular flexibility index (Phi) is 5.89. The number of nitrogens with zero attached hydrogens (tertiary/aromatic N) is 1. The quantitative estimate of drug-likeness (QED) is 0.785. The number of hydrogen-bond acceptors (Lipinski definition) is 4. The van der Waals surface area contributed by atoms with Gasteiger partial charge in [-0.1, -0.05) is 20.8 Å². The van der Waals surface area contributed by atoms with Crippen LogP contribution < -0.4 is 11.1 Å². The molecule has 0 aliphatic carbocycles. The standard InChI is InChI=1S/C15H27N3O3S/c1-14(2,3)6-11(19)18-9-22-7-10(18)12(20)17-8-15(4,5)13(16)21/h10H,6-9H2,1-5H3,(H2,16,21)(H,17,20)/t10-/m0/s1. The Balaban J connectivity index is 2.64. The highest BCUT2D eigenvalue weighted by molar-refractivity contribution is 7.99. The van der Waals surface area contributed by atoms with Crippen LogP contribution >= 0.6 is 11.8 Å². The van der Waals surface area contributed by atoms with E-state index in [1.807, 2.05) is 20.8 Å². The van der Waals surface area contributed by atoms with E-state index in [0.29, 0.717) is 18.1 Å². The van der Waals surface area contributed by atoms with E-state index in [4.69, 9.17) is 5.73 Å². The lowest BCUT2D eigenvalue weighted by Gasteiger charge is -2.28. The number of carbonyl (C=O) groups excluding carboxylic acids is 3. The van der Waals surface area contributed by atoms with Crippen molar-refractivity contribution in [1.29, 1.82) is 0 Å². The maximum absolute atomic E-state index is 12.3. The van der Waals surface area contributed by atoms with Gasteiger partial charge in [-0.2, -0.15) is 0 Å². The normalized spacial score (nSPS) is 19.1. The Labute approximate surface area is 136 Å². The van der Waals surface area contributed by atoms with Crippen molar-refractivity contribution in [3.05, 3.63) is 0 Å². The molecule has 1 saturated heterocycles. The van der Waals surface area contributed by atoms with Crippen LogP contribution in [0, 0.1) is 10.8 Å². The Morgan fingerprint density at radius 3 is 2.32 bits per heavy atom. The molecule has 0 unspecified atom stereocenters. The fraction of sp³-hybridized carbons (Fsp3) is 0.800. The Hall–Kier alpha value is -1.24. The second-order valence-corrected chi connectivity index (χ2v) is 8.58. The first-order chi connectivity index (χ1) is 9.94. The highest BCUT2D eigenvalue weighted by Gasteiger charge is 2.36. The van der Waals surface area contributed by atoms with Crippen molar-refractivity contribution in [2.24, 2.45) is 16.6 Å². The molecule has 0 saturated carbocycles. The molecule has 22 heavy (non-hydrogen) atoms. The van der Waals surface area contributed by atoms with Gasteiger partial charge in [-0.3, -0.25) is 14.4 Å². The van der Waals surface area contributed by atoms with Gasteiger partial charge in [0.15, 0.2) is 0 Å². The zero-order valence-corrected chi connectivity index (χ0v) is 14.9. The largest absolute Gasteiger partial charge is 0.369 e. The molecule has 6 nitrogen and oxygen atoms in total. The van der Waals surface area contributed by atoms with Gasteiger partial charge in [-0.25, -0.2) is 0 Å². The predicted octanol–water partition coefficient (Wildman–Crippen LogP) is 0.952. The topological polar surface area (TPSA) is 92.5 Å². The molecular weight excluding hydrogens is 302 g/mol. The minimum absolute atomic E-state index is 0.00758.